The molecule has 1 unspecified atom stereocenters. The highest BCUT2D eigenvalue weighted by atomic mass is 35.5. The van der Waals surface area contributed by atoms with Crippen LogP contribution in [0.2, 0.25) is 5.02 Å². The van der Waals surface area contributed by atoms with Gasteiger partial charge in [0.15, 0.2) is 0 Å². The number of amides is 1. The number of hydrogen-bond acceptors (Lipinski definition) is 5. The molecule has 0 aromatic heterocycles. The summed E-state index contributed by atoms with van der Waals surface area (Å²) < 4.78 is 5.47. The first kappa shape index (κ1) is 15.2. The quantitative estimate of drug-likeness (QED) is 0.359. The van der Waals surface area contributed by atoms with E-state index in [9.17, 15) is 14.9 Å². The summed E-state index contributed by atoms with van der Waals surface area (Å²) in [5.74, 6) is 4.87. The molecule has 3 N–H and O–H groups in total. The van der Waals surface area contributed by atoms with Gasteiger partial charge in [0.25, 0.3) is 5.69 Å². The van der Waals surface area contributed by atoms with Crippen LogP contribution in [0, 0.1) is 10.1 Å². The van der Waals surface area contributed by atoms with Crippen LogP contribution in [-0.4, -0.2) is 16.9 Å². The Balaban J connectivity index is 2.67. The minimum Gasteiger partial charge on any atom is -0.489 e. The number of nitrogens with zero attached hydrogens (tertiary/aromatic N) is 1. The largest absolute Gasteiger partial charge is 0.489 e. The first-order valence-corrected chi connectivity index (χ1v) is 5.92. The molecule has 1 atom stereocenters. The van der Waals surface area contributed by atoms with E-state index in [4.69, 9.17) is 22.2 Å². The normalized spacial score (nSPS) is 11.7. The highest BCUT2D eigenvalue weighted by Gasteiger charge is 2.14. The van der Waals surface area contributed by atoms with Crippen molar-refractivity contribution in [2.45, 2.75) is 25.9 Å². The molecule has 0 saturated carbocycles. The van der Waals surface area contributed by atoms with Crippen molar-refractivity contribution in [2.24, 2.45) is 5.84 Å². The van der Waals surface area contributed by atoms with Crippen LogP contribution in [0.15, 0.2) is 18.2 Å². The predicted molar refractivity (Wildman–Crippen MR) is 69.8 cm³/mol. The lowest BCUT2D eigenvalue weighted by Gasteiger charge is -2.15. The van der Waals surface area contributed by atoms with Gasteiger partial charge in [0, 0.05) is 12.5 Å². The number of halogens is 1. The van der Waals surface area contributed by atoms with Crippen LogP contribution >= 0.6 is 11.6 Å². The van der Waals surface area contributed by atoms with Gasteiger partial charge < -0.3 is 4.74 Å². The number of nitrogens with two attached hydrogens (primary N) is 1. The molecule has 0 heterocycles. The summed E-state index contributed by atoms with van der Waals surface area (Å²) in [6, 6.07) is 3.94. The third kappa shape index (κ3) is 4.72. The van der Waals surface area contributed by atoms with E-state index >= 15 is 0 Å². The van der Waals surface area contributed by atoms with Gasteiger partial charge in [0.2, 0.25) is 5.91 Å². The number of nitro benzene ring substituents is 1. The highest BCUT2D eigenvalue weighted by molar-refractivity contribution is 6.32. The maximum Gasteiger partial charge on any atom is 0.273 e. The second kappa shape index (κ2) is 6.91. The van der Waals surface area contributed by atoms with Crippen molar-refractivity contribution < 1.29 is 14.5 Å². The van der Waals surface area contributed by atoms with E-state index in [1.165, 1.54) is 18.2 Å². The van der Waals surface area contributed by atoms with Gasteiger partial charge in [0.05, 0.1) is 22.1 Å². The average Bonchev–Trinajstić information content (AvgIpc) is 2.38. The lowest BCUT2D eigenvalue weighted by atomic mass is 10.2. The van der Waals surface area contributed by atoms with Crippen LogP contribution in [0.25, 0.3) is 0 Å². The van der Waals surface area contributed by atoms with Crippen molar-refractivity contribution in [3.8, 4) is 5.75 Å². The zero-order chi connectivity index (χ0) is 14.4. The van der Waals surface area contributed by atoms with Crippen molar-refractivity contribution in [1.29, 1.82) is 0 Å². The second-order valence-electron chi connectivity index (χ2n) is 3.91. The Labute approximate surface area is 114 Å². The van der Waals surface area contributed by atoms with Crippen molar-refractivity contribution in [3.63, 3.8) is 0 Å². The molecule has 0 aliphatic rings. The van der Waals surface area contributed by atoms with Crippen LogP contribution in [-0.2, 0) is 4.79 Å². The molecule has 0 spiro atoms. The van der Waals surface area contributed by atoms with Crippen molar-refractivity contribution in [3.05, 3.63) is 33.3 Å². The van der Waals surface area contributed by atoms with E-state index in [0.29, 0.717) is 6.42 Å². The number of rotatable bonds is 6. The van der Waals surface area contributed by atoms with Crippen LogP contribution in [0.4, 0.5) is 5.69 Å². The SMILES string of the molecule is CC(CCC(=O)NN)Oc1cc([N+](=O)[O-])ccc1Cl. The van der Waals surface area contributed by atoms with Crippen LogP contribution in [0.3, 0.4) is 0 Å². The van der Waals surface area contributed by atoms with E-state index in [0.717, 1.165) is 0 Å². The molecule has 7 nitrogen and oxygen atoms in total. The summed E-state index contributed by atoms with van der Waals surface area (Å²) in [5.41, 5.74) is 1.90. The number of nitrogens with one attached hydrogen (secondary N) is 1. The number of non-ortho nitro benzene ring substituents is 1. The third-order valence-electron chi connectivity index (χ3n) is 2.39. The maximum absolute atomic E-state index is 11.0. The molecule has 104 valence electrons. The van der Waals surface area contributed by atoms with E-state index < -0.39 is 4.92 Å². The summed E-state index contributed by atoms with van der Waals surface area (Å²) in [4.78, 5) is 21.1. The molecule has 1 rings (SSSR count). The van der Waals surface area contributed by atoms with Gasteiger partial charge in [-0.2, -0.15) is 0 Å². The van der Waals surface area contributed by atoms with Gasteiger partial charge in [-0.05, 0) is 19.4 Å². The highest BCUT2D eigenvalue weighted by Crippen LogP contribution is 2.30. The van der Waals surface area contributed by atoms with Crippen LogP contribution in [0.1, 0.15) is 19.8 Å². The molecule has 0 fully saturated rings. The Morgan fingerprint density at radius 1 is 1.63 bits per heavy atom. The van der Waals surface area contributed by atoms with Crippen molar-refractivity contribution >= 4 is 23.2 Å². The van der Waals surface area contributed by atoms with Gasteiger partial charge in [-0.25, -0.2) is 5.84 Å². The molecule has 1 aromatic carbocycles. The van der Waals surface area contributed by atoms with Gasteiger partial charge in [-0.15, -0.1) is 0 Å². The summed E-state index contributed by atoms with van der Waals surface area (Å²) in [5, 5.41) is 10.9. The van der Waals surface area contributed by atoms with Gasteiger partial charge in [-0.1, -0.05) is 11.6 Å². The number of benzene rings is 1. The fraction of sp³-hybridized carbons (Fsp3) is 0.364. The lowest BCUT2D eigenvalue weighted by molar-refractivity contribution is -0.384. The minimum absolute atomic E-state index is 0.105. The van der Waals surface area contributed by atoms with Gasteiger partial charge >= 0.3 is 0 Å². The topological polar surface area (TPSA) is 107 Å². The first-order chi connectivity index (χ1) is 8.93. The minimum atomic E-state index is -0.532. The predicted octanol–water partition coefficient (Wildman–Crippen LogP) is 1.79. The summed E-state index contributed by atoms with van der Waals surface area (Å²) in [7, 11) is 0. The Hall–Kier alpha value is -1.86. The summed E-state index contributed by atoms with van der Waals surface area (Å²) >= 11 is 5.89. The molecule has 0 bridgehead atoms. The molecular formula is C11H14ClN3O4. The summed E-state index contributed by atoms with van der Waals surface area (Å²) in [6.07, 6.45) is 0.295. The number of carbonyl (C=O) groups is 1. The second-order valence-corrected chi connectivity index (χ2v) is 4.31. The molecule has 0 saturated heterocycles. The third-order valence-corrected chi connectivity index (χ3v) is 2.70. The van der Waals surface area contributed by atoms with Crippen molar-refractivity contribution in [2.75, 3.05) is 0 Å². The number of nitro groups is 1. The maximum atomic E-state index is 11.0. The van der Waals surface area contributed by atoms with Gasteiger partial charge in [-0.3, -0.25) is 20.3 Å². The molecule has 1 amide bonds. The smallest absolute Gasteiger partial charge is 0.273 e. The van der Waals surface area contributed by atoms with Crippen LogP contribution in [0.5, 0.6) is 5.75 Å². The Kier molecular flexibility index (Phi) is 5.53. The van der Waals surface area contributed by atoms with E-state index in [2.05, 4.69) is 0 Å². The molecule has 0 aliphatic heterocycles. The average molecular weight is 288 g/mol. The zero-order valence-electron chi connectivity index (χ0n) is 10.3. The fourth-order valence-electron chi connectivity index (χ4n) is 1.38. The number of hydrazine groups is 1. The van der Waals surface area contributed by atoms with E-state index in [1.807, 2.05) is 5.43 Å². The van der Waals surface area contributed by atoms with E-state index in [1.54, 1.807) is 6.92 Å². The van der Waals surface area contributed by atoms with Crippen LogP contribution < -0.4 is 16.0 Å². The Morgan fingerprint density at radius 2 is 2.32 bits per heavy atom. The van der Waals surface area contributed by atoms with Crippen molar-refractivity contribution in [1.82, 2.24) is 5.43 Å². The van der Waals surface area contributed by atoms with Gasteiger partial charge in [0.1, 0.15) is 5.75 Å². The summed E-state index contributed by atoms with van der Waals surface area (Å²) in [6.45, 7) is 1.74. The number of ether oxygens (including phenoxy) is 1. The molecule has 0 aliphatic carbocycles. The fourth-order valence-corrected chi connectivity index (χ4v) is 1.54. The Bertz CT molecular complexity index is 481. The molecule has 1 aromatic rings. The molecular weight excluding hydrogens is 274 g/mol. The Morgan fingerprint density at radius 3 is 2.89 bits per heavy atom. The zero-order valence-corrected chi connectivity index (χ0v) is 11.0. The molecule has 0 radical (unpaired) electrons. The molecule has 8 heteroatoms. The van der Waals surface area contributed by atoms with E-state index in [-0.39, 0.29) is 34.9 Å². The number of hydrogen-bond donors (Lipinski definition) is 2. The molecule has 19 heavy (non-hydrogen) atoms. The standard InChI is InChI=1S/C11H14ClN3O4/c1-7(2-5-11(16)14-13)19-10-6-8(15(17)18)3-4-9(10)12/h3-4,6-7H,2,5,13H2,1H3,(H,14,16). The first-order valence-electron chi connectivity index (χ1n) is 5.54. The number of carbonyl (C=O) groups excluding carboxylic acids is 1. The monoisotopic (exact) mass is 287 g/mol. The lowest BCUT2D eigenvalue weighted by Crippen LogP contribution is -2.30.